The Labute approximate surface area is 128 Å². The molecule has 7 heteroatoms. The van der Waals surface area contributed by atoms with Gasteiger partial charge in [0.25, 0.3) is 0 Å². The minimum Gasteiger partial charge on any atom is -0.480 e. The van der Waals surface area contributed by atoms with Gasteiger partial charge in [-0.15, -0.1) is 0 Å². The van der Waals surface area contributed by atoms with Gasteiger partial charge in [-0.3, -0.25) is 14.4 Å². The van der Waals surface area contributed by atoms with E-state index in [1.807, 2.05) is 6.07 Å². The third-order valence-electron chi connectivity index (χ3n) is 2.83. The maximum absolute atomic E-state index is 12.0. The summed E-state index contributed by atoms with van der Waals surface area (Å²) in [6.45, 7) is 0.951. The molecule has 0 aliphatic carbocycles. The van der Waals surface area contributed by atoms with Crippen LogP contribution in [0.1, 0.15) is 18.9 Å². The summed E-state index contributed by atoms with van der Waals surface area (Å²) in [5, 5.41) is 22.6. The largest absolute Gasteiger partial charge is 0.480 e. The van der Waals surface area contributed by atoms with Crippen molar-refractivity contribution in [1.82, 2.24) is 10.6 Å². The standard InChI is InChI=1S/C15H20N2O5/c1-10(18)7-13(19)17-12(15(22)16-9-14(20)21)8-11-5-3-2-4-6-11/h2-6,10,12,18H,7-9H2,1H3,(H,16,22)(H,17,19)(H,20,21)/t10?,12-/m0/s1. The van der Waals surface area contributed by atoms with Gasteiger partial charge in [0.15, 0.2) is 0 Å². The van der Waals surface area contributed by atoms with E-state index in [-0.39, 0.29) is 12.8 Å². The highest BCUT2D eigenvalue weighted by Crippen LogP contribution is 2.04. The molecule has 22 heavy (non-hydrogen) atoms. The number of hydrogen-bond acceptors (Lipinski definition) is 4. The Balaban J connectivity index is 2.73. The van der Waals surface area contributed by atoms with Crippen molar-refractivity contribution < 1.29 is 24.6 Å². The first-order valence-corrected chi connectivity index (χ1v) is 6.89. The number of benzene rings is 1. The van der Waals surface area contributed by atoms with E-state index in [0.29, 0.717) is 0 Å². The van der Waals surface area contributed by atoms with Crippen LogP contribution < -0.4 is 10.6 Å². The highest BCUT2D eigenvalue weighted by molar-refractivity contribution is 5.89. The van der Waals surface area contributed by atoms with Crippen LogP contribution in [0.25, 0.3) is 0 Å². The number of aliphatic hydroxyl groups is 1. The number of amides is 2. The van der Waals surface area contributed by atoms with Crippen LogP contribution in [0.3, 0.4) is 0 Å². The molecular weight excluding hydrogens is 288 g/mol. The first-order valence-electron chi connectivity index (χ1n) is 6.89. The fraction of sp³-hybridized carbons (Fsp3) is 0.400. The van der Waals surface area contributed by atoms with Gasteiger partial charge in [-0.1, -0.05) is 30.3 Å². The van der Waals surface area contributed by atoms with E-state index in [0.717, 1.165) is 5.56 Å². The number of rotatable bonds is 8. The van der Waals surface area contributed by atoms with Crippen LogP contribution in [-0.2, 0) is 20.8 Å². The van der Waals surface area contributed by atoms with Crippen molar-refractivity contribution in [3.63, 3.8) is 0 Å². The number of hydrogen-bond donors (Lipinski definition) is 4. The number of aliphatic carboxylic acids is 1. The molecule has 4 N–H and O–H groups in total. The number of aliphatic hydroxyl groups excluding tert-OH is 1. The summed E-state index contributed by atoms with van der Waals surface area (Å²) in [4.78, 5) is 34.3. The summed E-state index contributed by atoms with van der Waals surface area (Å²) in [7, 11) is 0. The number of nitrogens with one attached hydrogen (secondary N) is 2. The van der Waals surface area contributed by atoms with Crippen molar-refractivity contribution in [2.24, 2.45) is 0 Å². The summed E-state index contributed by atoms with van der Waals surface area (Å²) >= 11 is 0. The van der Waals surface area contributed by atoms with E-state index < -0.39 is 36.5 Å². The number of carboxylic acids is 1. The summed E-state index contributed by atoms with van der Waals surface area (Å²) in [5.74, 6) is -2.21. The summed E-state index contributed by atoms with van der Waals surface area (Å²) in [6.07, 6.45) is -0.713. The van der Waals surface area contributed by atoms with Crippen molar-refractivity contribution >= 4 is 17.8 Å². The highest BCUT2D eigenvalue weighted by Gasteiger charge is 2.22. The molecule has 0 saturated carbocycles. The predicted octanol–water partition coefficient (Wildman–Crippen LogP) is -0.314. The van der Waals surface area contributed by atoms with Crippen molar-refractivity contribution in [2.75, 3.05) is 6.54 Å². The van der Waals surface area contributed by atoms with Gasteiger partial charge >= 0.3 is 5.97 Å². The normalized spacial score (nSPS) is 13.0. The molecule has 7 nitrogen and oxygen atoms in total. The van der Waals surface area contributed by atoms with Gasteiger partial charge in [0, 0.05) is 6.42 Å². The summed E-state index contributed by atoms with van der Waals surface area (Å²) in [5.41, 5.74) is 0.829. The van der Waals surface area contributed by atoms with Crippen LogP contribution in [0.4, 0.5) is 0 Å². The van der Waals surface area contributed by atoms with Crippen molar-refractivity contribution in [3.05, 3.63) is 35.9 Å². The highest BCUT2D eigenvalue weighted by atomic mass is 16.4. The molecule has 0 aliphatic rings. The maximum Gasteiger partial charge on any atom is 0.322 e. The van der Waals surface area contributed by atoms with Gasteiger partial charge in [-0.25, -0.2) is 0 Å². The smallest absolute Gasteiger partial charge is 0.322 e. The van der Waals surface area contributed by atoms with Crippen LogP contribution in [0.15, 0.2) is 30.3 Å². The Bertz CT molecular complexity index is 516. The molecule has 0 saturated heterocycles. The van der Waals surface area contributed by atoms with Crippen molar-refractivity contribution in [1.29, 1.82) is 0 Å². The maximum atomic E-state index is 12.0. The minimum absolute atomic E-state index is 0.127. The molecule has 0 aliphatic heterocycles. The molecule has 2 amide bonds. The zero-order valence-corrected chi connectivity index (χ0v) is 12.3. The third kappa shape index (κ3) is 6.85. The van der Waals surface area contributed by atoms with E-state index in [1.54, 1.807) is 24.3 Å². The van der Waals surface area contributed by atoms with Crippen LogP contribution in [0.5, 0.6) is 0 Å². The van der Waals surface area contributed by atoms with E-state index >= 15 is 0 Å². The molecule has 1 rings (SSSR count). The number of carboxylic acid groups (broad SMARTS) is 1. The topological polar surface area (TPSA) is 116 Å². The molecule has 2 atom stereocenters. The van der Waals surface area contributed by atoms with Crippen LogP contribution in [0.2, 0.25) is 0 Å². The van der Waals surface area contributed by atoms with Gasteiger partial charge in [0.2, 0.25) is 11.8 Å². The molecule has 0 fully saturated rings. The fourth-order valence-electron chi connectivity index (χ4n) is 1.87. The number of carbonyl (C=O) groups excluding carboxylic acids is 2. The Morgan fingerprint density at radius 3 is 2.36 bits per heavy atom. The van der Waals surface area contributed by atoms with Crippen LogP contribution in [0, 0.1) is 0 Å². The molecule has 0 spiro atoms. The van der Waals surface area contributed by atoms with Crippen LogP contribution in [-0.4, -0.2) is 46.7 Å². The average molecular weight is 308 g/mol. The lowest BCUT2D eigenvalue weighted by atomic mass is 10.0. The lowest BCUT2D eigenvalue weighted by Gasteiger charge is -2.18. The van der Waals surface area contributed by atoms with Crippen molar-refractivity contribution in [2.45, 2.75) is 31.9 Å². The molecule has 120 valence electrons. The lowest BCUT2D eigenvalue weighted by molar-refractivity contribution is -0.138. The molecule has 1 unspecified atom stereocenters. The van der Waals surface area contributed by atoms with E-state index in [1.165, 1.54) is 6.92 Å². The van der Waals surface area contributed by atoms with Crippen LogP contribution >= 0.6 is 0 Å². The minimum atomic E-state index is -1.16. The van der Waals surface area contributed by atoms with Gasteiger partial charge in [-0.05, 0) is 12.5 Å². The summed E-state index contributed by atoms with van der Waals surface area (Å²) in [6, 6.07) is 8.15. The van der Waals surface area contributed by atoms with E-state index in [4.69, 9.17) is 5.11 Å². The summed E-state index contributed by atoms with van der Waals surface area (Å²) < 4.78 is 0. The second-order valence-corrected chi connectivity index (χ2v) is 4.97. The van der Waals surface area contributed by atoms with E-state index in [2.05, 4.69) is 10.6 Å². The lowest BCUT2D eigenvalue weighted by Crippen LogP contribution is -2.49. The SMILES string of the molecule is CC(O)CC(=O)N[C@@H](Cc1ccccc1)C(=O)NCC(=O)O. The molecule has 1 aromatic carbocycles. The van der Waals surface area contributed by atoms with Gasteiger partial charge in [0.1, 0.15) is 12.6 Å². The average Bonchev–Trinajstić information content (AvgIpc) is 2.44. The Morgan fingerprint density at radius 1 is 1.18 bits per heavy atom. The van der Waals surface area contributed by atoms with Gasteiger partial charge < -0.3 is 20.8 Å². The van der Waals surface area contributed by atoms with Gasteiger partial charge in [0.05, 0.1) is 12.5 Å². The molecule has 0 bridgehead atoms. The third-order valence-corrected chi connectivity index (χ3v) is 2.83. The fourth-order valence-corrected chi connectivity index (χ4v) is 1.87. The Hall–Kier alpha value is -2.41. The predicted molar refractivity (Wildman–Crippen MR) is 79.0 cm³/mol. The molecule has 0 radical (unpaired) electrons. The first kappa shape index (κ1) is 17.6. The van der Waals surface area contributed by atoms with Gasteiger partial charge in [-0.2, -0.15) is 0 Å². The van der Waals surface area contributed by atoms with E-state index in [9.17, 15) is 19.5 Å². The van der Waals surface area contributed by atoms with Crippen molar-refractivity contribution in [3.8, 4) is 0 Å². The molecular formula is C15H20N2O5. The molecule has 0 heterocycles. The molecule has 0 aromatic heterocycles. The first-order chi connectivity index (χ1) is 10.4. The Kier molecular flexibility index (Phi) is 7.04. The zero-order valence-electron chi connectivity index (χ0n) is 12.3. The quantitative estimate of drug-likeness (QED) is 0.525. The zero-order chi connectivity index (χ0) is 16.5. The second kappa shape index (κ2) is 8.78. The monoisotopic (exact) mass is 308 g/mol. The Morgan fingerprint density at radius 2 is 1.82 bits per heavy atom. The number of carbonyl (C=O) groups is 3. The second-order valence-electron chi connectivity index (χ2n) is 4.97. The molecule has 1 aromatic rings.